The Morgan fingerprint density at radius 3 is 2.42 bits per heavy atom. The predicted molar refractivity (Wildman–Crippen MR) is 79.7 cm³/mol. The van der Waals surface area contributed by atoms with Crippen molar-refractivity contribution in [2.75, 3.05) is 12.3 Å². The van der Waals surface area contributed by atoms with E-state index in [-0.39, 0.29) is 4.90 Å². The minimum atomic E-state index is -3.44. The van der Waals surface area contributed by atoms with E-state index in [2.05, 4.69) is 11.6 Å². The number of nitrogens with two attached hydrogens (primary N) is 1. The Labute approximate surface area is 116 Å². The molecule has 0 radical (unpaired) electrons. The standard InChI is InChI=1S/C14H24N2O2S/c1-4-5-6-7-8-16-19(17,18)13-9-11(2)12(3)14(15)10-13/h9-10,16H,4-8,15H2,1-3H3. The van der Waals surface area contributed by atoms with Crippen LogP contribution >= 0.6 is 0 Å². The predicted octanol–water partition coefficient (Wildman–Crippen LogP) is 2.74. The van der Waals surface area contributed by atoms with E-state index in [0.29, 0.717) is 12.2 Å². The lowest BCUT2D eigenvalue weighted by Crippen LogP contribution is -2.25. The topological polar surface area (TPSA) is 72.2 Å². The van der Waals surface area contributed by atoms with Gasteiger partial charge >= 0.3 is 0 Å². The molecule has 0 unspecified atom stereocenters. The molecule has 0 aliphatic carbocycles. The summed E-state index contributed by atoms with van der Waals surface area (Å²) in [6.07, 6.45) is 4.19. The van der Waals surface area contributed by atoms with Crippen molar-refractivity contribution in [3.8, 4) is 0 Å². The molecule has 0 aliphatic heterocycles. The zero-order chi connectivity index (χ0) is 14.5. The van der Waals surface area contributed by atoms with Crippen molar-refractivity contribution < 1.29 is 8.42 Å². The van der Waals surface area contributed by atoms with Gasteiger partial charge in [-0.15, -0.1) is 0 Å². The van der Waals surface area contributed by atoms with E-state index in [1.165, 1.54) is 6.07 Å². The number of anilines is 1. The molecule has 3 N–H and O–H groups in total. The van der Waals surface area contributed by atoms with Gasteiger partial charge in [0.25, 0.3) is 0 Å². The Morgan fingerprint density at radius 2 is 1.84 bits per heavy atom. The summed E-state index contributed by atoms with van der Waals surface area (Å²) in [4.78, 5) is 0.253. The van der Waals surface area contributed by atoms with Crippen LogP contribution in [0.15, 0.2) is 17.0 Å². The SMILES string of the molecule is CCCCCCNS(=O)(=O)c1cc(C)c(C)c(N)c1. The van der Waals surface area contributed by atoms with Crippen molar-refractivity contribution in [2.24, 2.45) is 0 Å². The molecule has 0 saturated heterocycles. The fourth-order valence-electron chi connectivity index (χ4n) is 1.85. The van der Waals surface area contributed by atoms with Crippen LogP contribution < -0.4 is 10.5 Å². The molecular weight excluding hydrogens is 260 g/mol. The van der Waals surface area contributed by atoms with Crippen molar-refractivity contribution >= 4 is 15.7 Å². The van der Waals surface area contributed by atoms with E-state index >= 15 is 0 Å². The second kappa shape index (κ2) is 6.91. The highest BCUT2D eigenvalue weighted by Crippen LogP contribution is 2.21. The van der Waals surface area contributed by atoms with Gasteiger partial charge in [-0.25, -0.2) is 13.1 Å². The van der Waals surface area contributed by atoms with Crippen LogP contribution in [0.3, 0.4) is 0 Å². The first-order valence-corrected chi connectivity index (χ1v) is 8.23. The molecule has 1 rings (SSSR count). The van der Waals surface area contributed by atoms with E-state index in [1.807, 2.05) is 13.8 Å². The van der Waals surface area contributed by atoms with Crippen LogP contribution in [0.1, 0.15) is 43.7 Å². The van der Waals surface area contributed by atoms with E-state index in [1.54, 1.807) is 6.07 Å². The van der Waals surface area contributed by atoms with E-state index in [0.717, 1.165) is 36.8 Å². The maximum absolute atomic E-state index is 12.1. The monoisotopic (exact) mass is 284 g/mol. The average molecular weight is 284 g/mol. The maximum Gasteiger partial charge on any atom is 0.240 e. The first kappa shape index (κ1) is 16.0. The average Bonchev–Trinajstić information content (AvgIpc) is 2.35. The second-order valence-electron chi connectivity index (χ2n) is 4.91. The third kappa shape index (κ3) is 4.51. The van der Waals surface area contributed by atoms with Crippen molar-refractivity contribution in [2.45, 2.75) is 51.3 Å². The molecule has 0 fully saturated rings. The zero-order valence-electron chi connectivity index (χ0n) is 12.0. The number of benzene rings is 1. The Balaban J connectivity index is 2.72. The molecule has 0 aromatic heterocycles. The molecule has 0 amide bonds. The summed E-state index contributed by atoms with van der Waals surface area (Å²) < 4.78 is 26.9. The second-order valence-corrected chi connectivity index (χ2v) is 6.68. The number of sulfonamides is 1. The highest BCUT2D eigenvalue weighted by atomic mass is 32.2. The summed E-state index contributed by atoms with van der Waals surface area (Å²) in [5.74, 6) is 0. The quantitative estimate of drug-likeness (QED) is 0.597. The van der Waals surface area contributed by atoms with Gasteiger partial charge in [-0.3, -0.25) is 0 Å². The third-order valence-corrected chi connectivity index (χ3v) is 4.75. The third-order valence-electron chi connectivity index (χ3n) is 3.31. The van der Waals surface area contributed by atoms with Gasteiger partial charge in [-0.2, -0.15) is 0 Å². The molecule has 0 aliphatic rings. The van der Waals surface area contributed by atoms with Gasteiger partial charge in [0.05, 0.1) is 4.90 Å². The fraction of sp³-hybridized carbons (Fsp3) is 0.571. The number of hydrogen-bond acceptors (Lipinski definition) is 3. The molecular formula is C14H24N2O2S. The van der Waals surface area contributed by atoms with Crippen molar-refractivity contribution in [1.82, 2.24) is 4.72 Å². The van der Waals surface area contributed by atoms with Crippen LogP contribution in [-0.2, 0) is 10.0 Å². The molecule has 1 aromatic rings. The highest BCUT2D eigenvalue weighted by Gasteiger charge is 2.15. The molecule has 0 spiro atoms. The van der Waals surface area contributed by atoms with Gasteiger partial charge in [-0.05, 0) is 43.5 Å². The molecule has 108 valence electrons. The molecule has 5 heteroatoms. The van der Waals surface area contributed by atoms with Crippen molar-refractivity contribution in [3.63, 3.8) is 0 Å². The lowest BCUT2D eigenvalue weighted by atomic mass is 10.1. The fourth-order valence-corrected chi connectivity index (χ4v) is 3.04. The number of rotatable bonds is 7. The van der Waals surface area contributed by atoms with Crippen LogP contribution in [0.4, 0.5) is 5.69 Å². The highest BCUT2D eigenvalue weighted by molar-refractivity contribution is 7.89. The minimum Gasteiger partial charge on any atom is -0.398 e. The number of nitrogens with one attached hydrogen (secondary N) is 1. The van der Waals surface area contributed by atoms with Gasteiger partial charge in [0.1, 0.15) is 0 Å². The molecule has 0 heterocycles. The first-order valence-electron chi connectivity index (χ1n) is 6.75. The largest absolute Gasteiger partial charge is 0.398 e. The normalized spacial score (nSPS) is 11.7. The van der Waals surface area contributed by atoms with E-state index in [4.69, 9.17) is 5.73 Å². The van der Waals surface area contributed by atoms with Crippen LogP contribution in [0.2, 0.25) is 0 Å². The number of unbranched alkanes of at least 4 members (excludes halogenated alkanes) is 3. The van der Waals surface area contributed by atoms with Crippen LogP contribution in [-0.4, -0.2) is 15.0 Å². The number of nitrogen functional groups attached to an aromatic ring is 1. The molecule has 19 heavy (non-hydrogen) atoms. The Kier molecular flexibility index (Phi) is 5.82. The van der Waals surface area contributed by atoms with Crippen molar-refractivity contribution in [3.05, 3.63) is 23.3 Å². The Hall–Kier alpha value is -1.07. The van der Waals surface area contributed by atoms with Crippen molar-refractivity contribution in [1.29, 1.82) is 0 Å². The van der Waals surface area contributed by atoms with Gasteiger partial charge in [0.2, 0.25) is 10.0 Å². The first-order chi connectivity index (χ1) is 8.88. The summed E-state index contributed by atoms with van der Waals surface area (Å²) in [5.41, 5.74) is 8.17. The minimum absolute atomic E-state index is 0.253. The molecule has 0 bridgehead atoms. The molecule has 0 saturated carbocycles. The van der Waals surface area contributed by atoms with E-state index in [9.17, 15) is 8.42 Å². The lowest BCUT2D eigenvalue weighted by molar-refractivity contribution is 0.573. The summed E-state index contributed by atoms with van der Waals surface area (Å²) >= 11 is 0. The molecule has 0 atom stereocenters. The van der Waals surface area contributed by atoms with Gasteiger partial charge in [-0.1, -0.05) is 26.2 Å². The maximum atomic E-state index is 12.1. The summed E-state index contributed by atoms with van der Waals surface area (Å²) in [5, 5.41) is 0. The molecule has 1 aromatic carbocycles. The van der Waals surface area contributed by atoms with Gasteiger partial charge < -0.3 is 5.73 Å². The van der Waals surface area contributed by atoms with Gasteiger partial charge in [0.15, 0.2) is 0 Å². The van der Waals surface area contributed by atoms with E-state index < -0.39 is 10.0 Å². The van der Waals surface area contributed by atoms with Crippen LogP contribution in [0.5, 0.6) is 0 Å². The Bertz CT molecular complexity index is 501. The summed E-state index contributed by atoms with van der Waals surface area (Å²) in [6, 6.07) is 3.19. The van der Waals surface area contributed by atoms with Gasteiger partial charge in [0, 0.05) is 12.2 Å². The summed E-state index contributed by atoms with van der Waals surface area (Å²) in [7, 11) is -3.44. The molecule has 4 nitrogen and oxygen atoms in total. The zero-order valence-corrected chi connectivity index (χ0v) is 12.8. The number of aryl methyl sites for hydroxylation is 1. The Morgan fingerprint density at radius 1 is 1.16 bits per heavy atom. The smallest absolute Gasteiger partial charge is 0.240 e. The van der Waals surface area contributed by atoms with Crippen LogP contribution in [0.25, 0.3) is 0 Å². The van der Waals surface area contributed by atoms with Crippen LogP contribution in [0, 0.1) is 13.8 Å². The lowest BCUT2D eigenvalue weighted by Gasteiger charge is -2.10. The number of hydrogen-bond donors (Lipinski definition) is 2. The summed E-state index contributed by atoms with van der Waals surface area (Å²) in [6.45, 7) is 6.36.